The smallest absolute Gasteiger partial charge is 0.263 e. The Morgan fingerprint density at radius 3 is 3.00 bits per heavy atom. The number of rotatable bonds is 1. The molecule has 0 bridgehead atoms. The van der Waals surface area contributed by atoms with Gasteiger partial charge < -0.3 is 14.7 Å². The van der Waals surface area contributed by atoms with Crippen LogP contribution >= 0.6 is 0 Å². The molecule has 0 saturated carbocycles. The molecule has 6 nitrogen and oxygen atoms in total. The maximum Gasteiger partial charge on any atom is 0.263 e. The Bertz CT molecular complexity index is 665. The standard InChI is InChI=1S/C14H19N5O/c1-8-11-12(16-7-17-13(11)20-18-8)19-6-9-4-15-5-10(9)14(19,2)3/h7,9-10,15H,4-6H2,1-3H3. The third kappa shape index (κ3) is 1.45. The van der Waals surface area contributed by atoms with Gasteiger partial charge >= 0.3 is 0 Å². The minimum atomic E-state index is 0.0825. The number of nitrogens with zero attached hydrogens (tertiary/aromatic N) is 4. The summed E-state index contributed by atoms with van der Waals surface area (Å²) in [5, 5.41) is 8.49. The van der Waals surface area contributed by atoms with Crippen molar-refractivity contribution in [2.75, 3.05) is 24.5 Å². The monoisotopic (exact) mass is 273 g/mol. The summed E-state index contributed by atoms with van der Waals surface area (Å²) in [7, 11) is 0. The second kappa shape index (κ2) is 3.91. The lowest BCUT2D eigenvalue weighted by atomic mass is 9.85. The molecule has 2 aromatic rings. The summed E-state index contributed by atoms with van der Waals surface area (Å²) in [6.45, 7) is 9.78. The first kappa shape index (κ1) is 12.1. The van der Waals surface area contributed by atoms with Gasteiger partial charge in [0.25, 0.3) is 5.71 Å². The third-order valence-electron chi connectivity index (χ3n) is 5.04. The molecular formula is C14H19N5O. The average Bonchev–Trinajstić information content (AvgIpc) is 3.08. The molecule has 0 aromatic carbocycles. The van der Waals surface area contributed by atoms with Crippen molar-refractivity contribution >= 4 is 16.9 Å². The lowest BCUT2D eigenvalue weighted by molar-refractivity contribution is 0.356. The largest absolute Gasteiger partial charge is 0.350 e. The van der Waals surface area contributed by atoms with Gasteiger partial charge in [-0.1, -0.05) is 5.16 Å². The Hall–Kier alpha value is -1.69. The first-order chi connectivity index (χ1) is 9.59. The van der Waals surface area contributed by atoms with Crippen LogP contribution < -0.4 is 10.2 Å². The van der Waals surface area contributed by atoms with Gasteiger partial charge in [-0.3, -0.25) is 0 Å². The van der Waals surface area contributed by atoms with Crippen molar-refractivity contribution in [3.63, 3.8) is 0 Å². The zero-order valence-corrected chi connectivity index (χ0v) is 12.1. The van der Waals surface area contributed by atoms with Crippen molar-refractivity contribution in [1.82, 2.24) is 20.4 Å². The van der Waals surface area contributed by atoms with E-state index < -0.39 is 0 Å². The molecule has 2 atom stereocenters. The fourth-order valence-corrected chi connectivity index (χ4v) is 3.89. The quantitative estimate of drug-likeness (QED) is 0.846. The highest BCUT2D eigenvalue weighted by atomic mass is 16.5. The van der Waals surface area contributed by atoms with Crippen molar-refractivity contribution < 1.29 is 4.52 Å². The Labute approximate surface area is 117 Å². The van der Waals surface area contributed by atoms with Gasteiger partial charge in [-0.2, -0.15) is 4.98 Å². The Morgan fingerprint density at radius 2 is 2.20 bits per heavy atom. The molecule has 0 aliphatic carbocycles. The fourth-order valence-electron chi connectivity index (χ4n) is 3.89. The summed E-state index contributed by atoms with van der Waals surface area (Å²) in [5.41, 5.74) is 1.53. The van der Waals surface area contributed by atoms with E-state index in [2.05, 4.69) is 39.2 Å². The molecule has 1 N–H and O–H groups in total. The van der Waals surface area contributed by atoms with E-state index in [0.717, 1.165) is 36.5 Å². The number of anilines is 1. The number of nitrogens with one attached hydrogen (secondary N) is 1. The van der Waals surface area contributed by atoms with E-state index in [-0.39, 0.29) is 5.54 Å². The number of fused-ring (bicyclic) bond motifs is 2. The van der Waals surface area contributed by atoms with Gasteiger partial charge in [-0.05, 0) is 32.6 Å². The minimum absolute atomic E-state index is 0.0825. The molecule has 2 saturated heterocycles. The highest BCUT2D eigenvalue weighted by Crippen LogP contribution is 2.44. The molecule has 2 aliphatic rings. The van der Waals surface area contributed by atoms with Gasteiger partial charge in [-0.15, -0.1) is 0 Å². The Balaban J connectivity index is 1.86. The van der Waals surface area contributed by atoms with E-state index in [4.69, 9.17) is 4.52 Å². The van der Waals surface area contributed by atoms with Gasteiger partial charge in [-0.25, -0.2) is 4.98 Å². The minimum Gasteiger partial charge on any atom is -0.350 e. The molecule has 6 heteroatoms. The lowest BCUT2D eigenvalue weighted by Gasteiger charge is -2.36. The predicted molar refractivity (Wildman–Crippen MR) is 75.6 cm³/mol. The summed E-state index contributed by atoms with van der Waals surface area (Å²) >= 11 is 0. The van der Waals surface area contributed by atoms with Crippen LogP contribution in [0.15, 0.2) is 10.9 Å². The second-order valence-corrected chi connectivity index (χ2v) is 6.43. The maximum absolute atomic E-state index is 5.27. The summed E-state index contributed by atoms with van der Waals surface area (Å²) in [6.07, 6.45) is 1.57. The molecule has 106 valence electrons. The summed E-state index contributed by atoms with van der Waals surface area (Å²) < 4.78 is 5.27. The van der Waals surface area contributed by atoms with Crippen LogP contribution in [0.1, 0.15) is 19.5 Å². The number of hydrogen-bond donors (Lipinski definition) is 1. The molecular weight excluding hydrogens is 254 g/mol. The number of hydrogen-bond acceptors (Lipinski definition) is 6. The van der Waals surface area contributed by atoms with Crippen molar-refractivity contribution in [2.45, 2.75) is 26.3 Å². The molecule has 0 spiro atoms. The summed E-state index contributed by atoms with van der Waals surface area (Å²) in [6, 6.07) is 0. The van der Waals surface area contributed by atoms with E-state index in [9.17, 15) is 0 Å². The van der Waals surface area contributed by atoms with Crippen LogP contribution in [0.25, 0.3) is 11.1 Å². The van der Waals surface area contributed by atoms with Crippen LogP contribution in [-0.4, -0.2) is 40.3 Å². The molecule has 4 rings (SSSR count). The van der Waals surface area contributed by atoms with Crippen LogP contribution in [0, 0.1) is 18.8 Å². The van der Waals surface area contributed by atoms with E-state index in [1.54, 1.807) is 6.33 Å². The molecule has 2 aliphatic heterocycles. The first-order valence-electron chi connectivity index (χ1n) is 7.14. The Morgan fingerprint density at radius 1 is 1.35 bits per heavy atom. The number of aromatic nitrogens is 3. The number of aryl methyl sites for hydroxylation is 1. The molecule has 2 aromatic heterocycles. The molecule has 2 fully saturated rings. The van der Waals surface area contributed by atoms with E-state index in [1.807, 2.05) is 6.92 Å². The van der Waals surface area contributed by atoms with Gasteiger partial charge in [0.15, 0.2) is 0 Å². The zero-order valence-electron chi connectivity index (χ0n) is 12.1. The van der Waals surface area contributed by atoms with Gasteiger partial charge in [0.2, 0.25) is 0 Å². The van der Waals surface area contributed by atoms with Crippen molar-refractivity contribution in [3.8, 4) is 0 Å². The second-order valence-electron chi connectivity index (χ2n) is 6.43. The average molecular weight is 273 g/mol. The normalized spacial score (nSPS) is 28.2. The van der Waals surface area contributed by atoms with Gasteiger partial charge in [0, 0.05) is 25.2 Å². The SMILES string of the molecule is Cc1noc2ncnc(N3CC4CNCC4C3(C)C)c12. The van der Waals surface area contributed by atoms with Crippen LogP contribution in [0.3, 0.4) is 0 Å². The van der Waals surface area contributed by atoms with E-state index in [0.29, 0.717) is 17.5 Å². The van der Waals surface area contributed by atoms with Crippen LogP contribution in [0.5, 0.6) is 0 Å². The van der Waals surface area contributed by atoms with Gasteiger partial charge in [0.1, 0.15) is 17.5 Å². The van der Waals surface area contributed by atoms with Crippen LogP contribution in [0.4, 0.5) is 5.82 Å². The molecule has 0 radical (unpaired) electrons. The Kier molecular flexibility index (Phi) is 2.36. The molecule has 0 amide bonds. The molecule has 4 heterocycles. The van der Waals surface area contributed by atoms with E-state index >= 15 is 0 Å². The zero-order chi connectivity index (χ0) is 13.9. The predicted octanol–water partition coefficient (Wildman–Crippen LogP) is 1.36. The summed E-state index contributed by atoms with van der Waals surface area (Å²) in [5.74, 6) is 2.32. The topological polar surface area (TPSA) is 67.1 Å². The maximum atomic E-state index is 5.27. The summed E-state index contributed by atoms with van der Waals surface area (Å²) in [4.78, 5) is 11.1. The van der Waals surface area contributed by atoms with Crippen molar-refractivity contribution in [2.24, 2.45) is 11.8 Å². The highest BCUT2D eigenvalue weighted by Gasteiger charge is 2.50. The van der Waals surface area contributed by atoms with Crippen molar-refractivity contribution in [1.29, 1.82) is 0 Å². The van der Waals surface area contributed by atoms with Crippen molar-refractivity contribution in [3.05, 3.63) is 12.0 Å². The lowest BCUT2D eigenvalue weighted by Crippen LogP contribution is -2.45. The van der Waals surface area contributed by atoms with E-state index in [1.165, 1.54) is 0 Å². The highest BCUT2D eigenvalue weighted by molar-refractivity contribution is 5.88. The fraction of sp³-hybridized carbons (Fsp3) is 0.643. The van der Waals surface area contributed by atoms with Crippen LogP contribution in [-0.2, 0) is 0 Å². The molecule has 2 unspecified atom stereocenters. The molecule has 20 heavy (non-hydrogen) atoms. The first-order valence-corrected chi connectivity index (χ1v) is 7.14. The van der Waals surface area contributed by atoms with Crippen LogP contribution in [0.2, 0.25) is 0 Å². The third-order valence-corrected chi connectivity index (χ3v) is 5.04. The van der Waals surface area contributed by atoms with Gasteiger partial charge in [0.05, 0.1) is 5.69 Å².